The summed E-state index contributed by atoms with van der Waals surface area (Å²) in [5, 5.41) is 13.9. The first-order chi connectivity index (χ1) is 36.5. The van der Waals surface area contributed by atoms with E-state index in [-0.39, 0.29) is 19.1 Å². The molecule has 3 atom stereocenters. The molecule has 0 heterocycles. The van der Waals surface area contributed by atoms with E-state index in [1.54, 1.807) is 6.08 Å². The van der Waals surface area contributed by atoms with Crippen LogP contribution < -0.4 is 10.2 Å². The van der Waals surface area contributed by atoms with Crippen LogP contribution in [0.3, 0.4) is 0 Å². The second kappa shape index (κ2) is 56.2. The van der Waals surface area contributed by atoms with Gasteiger partial charge in [0, 0.05) is 6.42 Å². The van der Waals surface area contributed by atoms with Gasteiger partial charge in [-0.1, -0.05) is 278 Å². The van der Waals surface area contributed by atoms with E-state index in [1.807, 2.05) is 27.2 Å². The number of aliphatic hydroxyl groups is 1. The fourth-order valence-electron chi connectivity index (χ4n) is 8.72. The Morgan fingerprint density at radius 1 is 0.480 bits per heavy atom. The number of phosphoric acid groups is 1. The zero-order chi connectivity index (χ0) is 54.9. The lowest BCUT2D eigenvalue weighted by atomic mass is 10.0. The average molecular weight is 1070 g/mol. The highest BCUT2D eigenvalue weighted by molar-refractivity contribution is 7.45. The Hall–Kier alpha value is -2.58. The molecule has 3 unspecified atom stereocenters. The van der Waals surface area contributed by atoms with Gasteiger partial charge in [0.25, 0.3) is 7.82 Å². The first kappa shape index (κ1) is 72.4. The molecule has 0 radical (unpaired) electrons. The zero-order valence-electron chi connectivity index (χ0n) is 49.5. The first-order valence-corrected chi connectivity index (χ1v) is 32.6. The molecule has 0 rings (SSSR count). The van der Waals surface area contributed by atoms with Crippen molar-refractivity contribution in [2.45, 2.75) is 276 Å². The maximum absolute atomic E-state index is 13.0. The number of phosphoric ester groups is 1. The van der Waals surface area contributed by atoms with Crippen LogP contribution in [0.1, 0.15) is 264 Å². The molecule has 0 spiro atoms. The highest BCUT2D eigenvalue weighted by Gasteiger charge is 2.23. The summed E-state index contributed by atoms with van der Waals surface area (Å²) in [5.41, 5.74) is 0. The minimum atomic E-state index is -4.60. The van der Waals surface area contributed by atoms with Gasteiger partial charge in [-0.15, -0.1) is 0 Å². The monoisotopic (exact) mass is 1070 g/mol. The highest BCUT2D eigenvalue weighted by atomic mass is 31.2. The third-order valence-corrected chi connectivity index (χ3v) is 14.5. The van der Waals surface area contributed by atoms with E-state index in [4.69, 9.17) is 9.05 Å². The summed E-state index contributed by atoms with van der Waals surface area (Å²) in [5.74, 6) is -0.198. The number of amides is 1. The topological polar surface area (TPSA) is 108 Å². The van der Waals surface area contributed by atoms with Gasteiger partial charge in [-0.05, 0) is 77.0 Å². The highest BCUT2D eigenvalue weighted by Crippen LogP contribution is 2.38. The van der Waals surface area contributed by atoms with Crippen LogP contribution in [0.4, 0.5) is 0 Å². The van der Waals surface area contributed by atoms with E-state index in [1.165, 1.54) is 161 Å². The molecule has 2 N–H and O–H groups in total. The Morgan fingerprint density at radius 2 is 0.813 bits per heavy atom. The van der Waals surface area contributed by atoms with Crippen LogP contribution in [0.15, 0.2) is 97.2 Å². The Balaban J connectivity index is 3.99. The molecule has 434 valence electrons. The molecule has 9 heteroatoms. The molecule has 0 aliphatic rings. The lowest BCUT2D eigenvalue weighted by molar-refractivity contribution is -0.870. The molecule has 0 saturated carbocycles. The van der Waals surface area contributed by atoms with Gasteiger partial charge in [-0.25, -0.2) is 0 Å². The van der Waals surface area contributed by atoms with Crippen LogP contribution >= 0.6 is 7.82 Å². The SMILES string of the molecule is CC/C=C\C/C=C\C/C=C\C/C=C\C/C=C\C/C=C\C/C=C\CCCCCCCCCCCCCCCCCCCC(=O)NC(COP(=O)([O-])OCC[N+](C)(C)C)C(O)/C=C/CCCCCCCCCCCCCC. The Bertz CT molecular complexity index is 1540. The number of quaternary nitrogens is 1. The van der Waals surface area contributed by atoms with Gasteiger partial charge in [0.15, 0.2) is 0 Å². The fraction of sp³-hybridized carbons (Fsp3) is 0.742. The van der Waals surface area contributed by atoms with Gasteiger partial charge in [0.1, 0.15) is 13.2 Å². The largest absolute Gasteiger partial charge is 0.756 e. The molecule has 0 aromatic rings. The summed E-state index contributed by atoms with van der Waals surface area (Å²) in [6.07, 6.45) is 80.7. The molecule has 0 aromatic carbocycles. The summed E-state index contributed by atoms with van der Waals surface area (Å²) >= 11 is 0. The maximum atomic E-state index is 13.0. The average Bonchev–Trinajstić information content (AvgIpc) is 3.37. The summed E-state index contributed by atoms with van der Waals surface area (Å²) < 4.78 is 23.3. The Labute approximate surface area is 464 Å². The van der Waals surface area contributed by atoms with Crippen LogP contribution in [-0.2, 0) is 18.4 Å². The lowest BCUT2D eigenvalue weighted by Crippen LogP contribution is -2.45. The quantitative estimate of drug-likeness (QED) is 0.0272. The van der Waals surface area contributed by atoms with E-state index < -0.39 is 20.0 Å². The molecule has 1 amide bonds. The molecule has 0 aliphatic heterocycles. The summed E-state index contributed by atoms with van der Waals surface area (Å²) in [7, 11) is 1.26. The molecule has 0 aromatic heterocycles. The number of hydrogen-bond donors (Lipinski definition) is 2. The predicted octanol–water partition coefficient (Wildman–Crippen LogP) is 18.7. The number of nitrogens with one attached hydrogen (secondary N) is 1. The maximum Gasteiger partial charge on any atom is 0.268 e. The fourth-order valence-corrected chi connectivity index (χ4v) is 9.45. The lowest BCUT2D eigenvalue weighted by Gasteiger charge is -2.29. The second-order valence-corrected chi connectivity index (χ2v) is 23.4. The van der Waals surface area contributed by atoms with Gasteiger partial charge in [-0.2, -0.15) is 0 Å². The van der Waals surface area contributed by atoms with E-state index >= 15 is 0 Å². The third kappa shape index (κ3) is 58.9. The van der Waals surface area contributed by atoms with Crippen molar-refractivity contribution >= 4 is 13.7 Å². The number of nitrogens with zero attached hydrogens (tertiary/aromatic N) is 1. The number of rotatable bonds is 56. The van der Waals surface area contributed by atoms with Gasteiger partial charge in [0.2, 0.25) is 5.91 Å². The smallest absolute Gasteiger partial charge is 0.268 e. The van der Waals surface area contributed by atoms with Gasteiger partial charge < -0.3 is 28.8 Å². The molecule has 0 saturated heterocycles. The number of aliphatic hydroxyl groups excluding tert-OH is 1. The minimum absolute atomic E-state index is 0.00282. The van der Waals surface area contributed by atoms with Crippen molar-refractivity contribution < 1.29 is 32.9 Å². The van der Waals surface area contributed by atoms with Crippen molar-refractivity contribution in [1.82, 2.24) is 5.32 Å². The van der Waals surface area contributed by atoms with Gasteiger partial charge in [0.05, 0.1) is 39.9 Å². The molecule has 8 nitrogen and oxygen atoms in total. The van der Waals surface area contributed by atoms with Crippen molar-refractivity contribution in [2.75, 3.05) is 40.9 Å². The molecular weight excluding hydrogens is 948 g/mol. The number of carbonyl (C=O) groups is 1. The van der Waals surface area contributed by atoms with Crippen molar-refractivity contribution in [3.8, 4) is 0 Å². The normalized spacial score (nSPS) is 14.5. The summed E-state index contributed by atoms with van der Waals surface area (Å²) in [4.78, 5) is 25.5. The number of likely N-dealkylation sites (N-methyl/N-ethyl adjacent to an activating group) is 1. The zero-order valence-corrected chi connectivity index (χ0v) is 50.4. The van der Waals surface area contributed by atoms with Gasteiger partial charge in [-0.3, -0.25) is 9.36 Å². The van der Waals surface area contributed by atoms with E-state index in [0.29, 0.717) is 17.4 Å². The first-order valence-electron chi connectivity index (χ1n) is 31.1. The number of unbranched alkanes of at least 4 members (excludes halogenated alkanes) is 29. The molecule has 75 heavy (non-hydrogen) atoms. The number of carbonyl (C=O) groups excluding carboxylic acids is 1. The Morgan fingerprint density at radius 3 is 1.19 bits per heavy atom. The van der Waals surface area contributed by atoms with Crippen molar-refractivity contribution in [2.24, 2.45) is 0 Å². The van der Waals surface area contributed by atoms with Crippen molar-refractivity contribution in [1.29, 1.82) is 0 Å². The van der Waals surface area contributed by atoms with Crippen molar-refractivity contribution in [3.63, 3.8) is 0 Å². The van der Waals surface area contributed by atoms with E-state index in [2.05, 4.69) is 104 Å². The Kier molecular flexibility index (Phi) is 54.2. The third-order valence-electron chi connectivity index (χ3n) is 13.5. The predicted molar refractivity (Wildman–Crippen MR) is 325 cm³/mol. The molecule has 0 aliphatic carbocycles. The van der Waals surface area contributed by atoms with Crippen LogP contribution in [0.2, 0.25) is 0 Å². The van der Waals surface area contributed by atoms with Crippen LogP contribution in [-0.4, -0.2) is 68.5 Å². The van der Waals surface area contributed by atoms with Crippen LogP contribution in [0.5, 0.6) is 0 Å². The van der Waals surface area contributed by atoms with Crippen molar-refractivity contribution in [3.05, 3.63) is 97.2 Å². The van der Waals surface area contributed by atoms with E-state index in [9.17, 15) is 19.4 Å². The van der Waals surface area contributed by atoms with E-state index in [0.717, 1.165) is 83.5 Å². The van der Waals surface area contributed by atoms with Crippen LogP contribution in [0.25, 0.3) is 0 Å². The molecular formula is C66H119N2O6P. The standard InChI is InChI=1S/C66H119N2O6P/c1-6-8-10-12-14-16-18-20-22-23-24-25-26-27-28-29-30-31-32-33-34-35-36-37-38-39-40-41-42-43-44-45-46-48-50-52-54-56-58-60-66(70)67-64(63-74-75(71,72)73-62-61-68(3,4)5)65(69)59-57-55-53-51-49-47-21-19-17-15-13-11-9-7-2/h8,10,14,16,20,22,24-25,27-28,30-31,33-34,57,59,64-65,69H,6-7,9,11-13,15,17-19,21,23,26,29,32,35-56,58,60-63H2,1-5H3,(H-,67,70,71,72)/b10-8-,16-14-,22-20-,25-24-,28-27-,31-30-,34-33-,59-57+. The summed E-state index contributed by atoms with van der Waals surface area (Å²) in [6, 6.07) is -0.889. The summed E-state index contributed by atoms with van der Waals surface area (Å²) in [6.45, 7) is 4.54. The molecule has 0 fully saturated rings. The molecule has 0 bridgehead atoms. The van der Waals surface area contributed by atoms with Crippen LogP contribution in [0, 0.1) is 0 Å². The second-order valence-electron chi connectivity index (χ2n) is 22.0. The number of allylic oxidation sites excluding steroid dienone is 15. The number of hydrogen-bond acceptors (Lipinski definition) is 6. The van der Waals surface area contributed by atoms with Gasteiger partial charge >= 0.3 is 0 Å². The minimum Gasteiger partial charge on any atom is -0.756 e.